The van der Waals surface area contributed by atoms with Crippen molar-refractivity contribution in [3.05, 3.63) is 28.0 Å². The number of hydrogen-bond donors (Lipinski definition) is 1. The smallest absolute Gasteiger partial charge is 0.400 e. The van der Waals surface area contributed by atoms with E-state index in [2.05, 4.69) is 10.5 Å². The number of hydrogen-bond acceptors (Lipinski definition) is 5. The second kappa shape index (κ2) is 4.13. The van der Waals surface area contributed by atoms with Gasteiger partial charge in [-0.3, -0.25) is 14.9 Å². The Bertz CT molecular complexity index is 447. The van der Waals surface area contributed by atoms with E-state index in [0.717, 1.165) is 12.8 Å². The lowest BCUT2D eigenvalue weighted by atomic mass is 10.4. The van der Waals surface area contributed by atoms with E-state index >= 15 is 0 Å². The molecule has 2 rings (SSSR count). The molecule has 1 aromatic rings. The summed E-state index contributed by atoms with van der Waals surface area (Å²) in [6.07, 6.45) is 3.02. The maximum absolute atomic E-state index is 11.1. The highest BCUT2D eigenvalue weighted by atomic mass is 16.6. The zero-order valence-corrected chi connectivity index (χ0v) is 8.25. The number of carbonyl (C=O) groups is 1. The van der Waals surface area contributed by atoms with E-state index in [4.69, 9.17) is 4.42 Å². The van der Waals surface area contributed by atoms with Gasteiger partial charge >= 0.3 is 5.88 Å². The standard InChI is InChI=1S/C9H9N3O4/c13-9(6-1-2-6)11-10-5-7-3-4-8(16-7)12(14)15/h3-6H,1-2H2,(H,11,13)/b10-5-. The predicted molar refractivity (Wildman–Crippen MR) is 53.8 cm³/mol. The third-order valence-corrected chi connectivity index (χ3v) is 2.11. The Labute approximate surface area is 90.3 Å². The fourth-order valence-electron chi connectivity index (χ4n) is 1.11. The van der Waals surface area contributed by atoms with Crippen LogP contribution in [0.3, 0.4) is 0 Å². The molecule has 0 radical (unpaired) electrons. The fraction of sp³-hybridized carbons (Fsp3) is 0.333. The molecular weight excluding hydrogens is 214 g/mol. The molecule has 0 aromatic carbocycles. The van der Waals surface area contributed by atoms with Crippen LogP contribution in [-0.2, 0) is 4.79 Å². The van der Waals surface area contributed by atoms with E-state index in [1.54, 1.807) is 0 Å². The van der Waals surface area contributed by atoms with Crippen LogP contribution in [0.25, 0.3) is 0 Å². The number of nitro groups is 1. The summed E-state index contributed by atoms with van der Waals surface area (Å²) in [5.74, 6) is -0.182. The molecule has 1 saturated carbocycles. The summed E-state index contributed by atoms with van der Waals surface area (Å²) >= 11 is 0. The summed E-state index contributed by atoms with van der Waals surface area (Å²) in [4.78, 5) is 20.8. The number of furan rings is 1. The first kappa shape index (κ1) is 10.3. The molecular formula is C9H9N3O4. The first-order valence-corrected chi connectivity index (χ1v) is 4.74. The van der Waals surface area contributed by atoms with Gasteiger partial charge in [-0.15, -0.1) is 0 Å². The highest BCUT2D eigenvalue weighted by molar-refractivity contribution is 5.83. The van der Waals surface area contributed by atoms with Gasteiger partial charge in [0, 0.05) is 5.92 Å². The maximum atomic E-state index is 11.1. The second-order valence-electron chi connectivity index (χ2n) is 3.44. The topological polar surface area (TPSA) is 97.7 Å². The van der Waals surface area contributed by atoms with E-state index < -0.39 is 4.92 Å². The zero-order valence-electron chi connectivity index (χ0n) is 8.25. The lowest BCUT2D eigenvalue weighted by Crippen LogP contribution is -2.18. The van der Waals surface area contributed by atoms with E-state index in [1.165, 1.54) is 18.3 Å². The number of carbonyl (C=O) groups excluding carboxylic acids is 1. The molecule has 7 nitrogen and oxygen atoms in total. The molecule has 16 heavy (non-hydrogen) atoms. The maximum Gasteiger partial charge on any atom is 0.433 e. The predicted octanol–water partition coefficient (Wildman–Crippen LogP) is 1.05. The molecule has 0 atom stereocenters. The average molecular weight is 223 g/mol. The summed E-state index contributed by atoms with van der Waals surface area (Å²) in [6.45, 7) is 0. The third kappa shape index (κ3) is 2.44. The van der Waals surface area contributed by atoms with Gasteiger partial charge in [0.25, 0.3) is 0 Å². The SMILES string of the molecule is O=C(N/N=C\c1ccc([N+](=O)[O-])o1)C1CC1. The van der Waals surface area contributed by atoms with Crippen molar-refractivity contribution in [2.45, 2.75) is 12.8 Å². The van der Waals surface area contributed by atoms with Gasteiger partial charge in [0.2, 0.25) is 5.91 Å². The Morgan fingerprint density at radius 2 is 2.38 bits per heavy atom. The van der Waals surface area contributed by atoms with E-state index in [1.807, 2.05) is 0 Å². The van der Waals surface area contributed by atoms with Crippen molar-refractivity contribution in [2.24, 2.45) is 11.0 Å². The highest BCUT2D eigenvalue weighted by Crippen LogP contribution is 2.28. The van der Waals surface area contributed by atoms with Crippen molar-refractivity contribution >= 4 is 18.0 Å². The second-order valence-corrected chi connectivity index (χ2v) is 3.44. The average Bonchev–Trinajstić information content (AvgIpc) is 2.98. The molecule has 7 heteroatoms. The van der Waals surface area contributed by atoms with Crippen LogP contribution in [0.15, 0.2) is 21.7 Å². The van der Waals surface area contributed by atoms with Gasteiger partial charge in [-0.25, -0.2) is 5.43 Å². The summed E-state index contributed by atoms with van der Waals surface area (Å²) in [6, 6.07) is 2.63. The molecule has 1 aliphatic carbocycles. The lowest BCUT2D eigenvalue weighted by molar-refractivity contribution is -0.402. The molecule has 1 aliphatic rings. The molecule has 0 spiro atoms. The number of nitrogens with one attached hydrogen (secondary N) is 1. The monoisotopic (exact) mass is 223 g/mol. The number of rotatable bonds is 4. The fourth-order valence-corrected chi connectivity index (χ4v) is 1.11. The number of amides is 1. The van der Waals surface area contributed by atoms with Gasteiger partial charge in [0.1, 0.15) is 4.92 Å². The van der Waals surface area contributed by atoms with Crippen molar-refractivity contribution in [1.29, 1.82) is 0 Å². The quantitative estimate of drug-likeness (QED) is 0.468. The summed E-state index contributed by atoms with van der Waals surface area (Å²) < 4.78 is 4.80. The minimum atomic E-state index is -0.639. The van der Waals surface area contributed by atoms with Crippen LogP contribution in [0, 0.1) is 16.0 Å². The van der Waals surface area contributed by atoms with Gasteiger partial charge in [-0.1, -0.05) is 0 Å². The minimum absolute atomic E-state index is 0.0723. The van der Waals surface area contributed by atoms with Crippen molar-refractivity contribution in [3.8, 4) is 0 Å². The zero-order chi connectivity index (χ0) is 11.5. The Kier molecular flexibility index (Phi) is 2.67. The van der Waals surface area contributed by atoms with Gasteiger partial charge in [-0.2, -0.15) is 5.10 Å². The first-order chi connectivity index (χ1) is 7.66. The highest BCUT2D eigenvalue weighted by Gasteiger charge is 2.29. The number of hydrazone groups is 1. The van der Waals surface area contributed by atoms with E-state index in [9.17, 15) is 14.9 Å². The molecule has 1 fully saturated rings. The van der Waals surface area contributed by atoms with Crippen LogP contribution < -0.4 is 5.43 Å². The molecule has 0 aliphatic heterocycles. The Morgan fingerprint density at radius 1 is 1.62 bits per heavy atom. The van der Waals surface area contributed by atoms with Crippen molar-refractivity contribution < 1.29 is 14.1 Å². The Hall–Kier alpha value is -2.18. The molecule has 1 aromatic heterocycles. The van der Waals surface area contributed by atoms with Gasteiger partial charge < -0.3 is 4.42 Å². The van der Waals surface area contributed by atoms with Crippen LogP contribution in [0.2, 0.25) is 0 Å². The molecule has 0 saturated heterocycles. The van der Waals surface area contributed by atoms with Crippen LogP contribution in [0.4, 0.5) is 5.88 Å². The van der Waals surface area contributed by atoms with E-state index in [0.29, 0.717) is 0 Å². The Morgan fingerprint density at radius 3 is 2.94 bits per heavy atom. The molecule has 1 heterocycles. The van der Waals surface area contributed by atoms with Crippen LogP contribution in [0.5, 0.6) is 0 Å². The Balaban J connectivity index is 1.89. The van der Waals surface area contributed by atoms with Gasteiger partial charge in [0.05, 0.1) is 12.3 Å². The summed E-state index contributed by atoms with van der Waals surface area (Å²) in [5, 5.41) is 13.9. The lowest BCUT2D eigenvalue weighted by Gasteiger charge is -1.93. The van der Waals surface area contributed by atoms with E-state index in [-0.39, 0.29) is 23.5 Å². The first-order valence-electron chi connectivity index (χ1n) is 4.74. The van der Waals surface area contributed by atoms with Crippen molar-refractivity contribution in [2.75, 3.05) is 0 Å². The molecule has 84 valence electrons. The van der Waals surface area contributed by atoms with Crippen molar-refractivity contribution in [3.63, 3.8) is 0 Å². The van der Waals surface area contributed by atoms with Gasteiger partial charge in [0.15, 0.2) is 5.76 Å². The normalized spacial score (nSPS) is 15.2. The van der Waals surface area contributed by atoms with Crippen molar-refractivity contribution in [1.82, 2.24) is 5.43 Å². The molecule has 0 unspecified atom stereocenters. The largest absolute Gasteiger partial charge is 0.433 e. The van der Waals surface area contributed by atoms with Gasteiger partial charge in [-0.05, 0) is 18.9 Å². The van der Waals surface area contributed by atoms with Crippen LogP contribution in [0.1, 0.15) is 18.6 Å². The number of nitrogens with zero attached hydrogens (tertiary/aromatic N) is 2. The third-order valence-electron chi connectivity index (χ3n) is 2.11. The minimum Gasteiger partial charge on any atom is -0.400 e. The molecule has 1 amide bonds. The molecule has 0 bridgehead atoms. The molecule has 1 N–H and O–H groups in total. The summed E-state index contributed by atoms with van der Waals surface area (Å²) in [7, 11) is 0. The van der Waals surface area contributed by atoms with Crippen LogP contribution >= 0.6 is 0 Å². The van der Waals surface area contributed by atoms with Crippen LogP contribution in [-0.4, -0.2) is 17.0 Å². The summed E-state index contributed by atoms with van der Waals surface area (Å²) in [5.41, 5.74) is 2.33.